The third-order valence-corrected chi connectivity index (χ3v) is 4.20. The minimum Gasteiger partial charge on any atom is -0.456 e. The summed E-state index contributed by atoms with van der Waals surface area (Å²) in [5.41, 5.74) is 0.833. The van der Waals surface area contributed by atoms with E-state index < -0.39 is 0 Å². The Morgan fingerprint density at radius 1 is 1.30 bits per heavy atom. The van der Waals surface area contributed by atoms with Crippen molar-refractivity contribution in [2.45, 2.75) is 63.5 Å². The van der Waals surface area contributed by atoms with Crippen LogP contribution in [0.5, 0.6) is 0 Å². The number of ether oxygens (including phenoxy) is 1. The first-order valence-corrected chi connectivity index (χ1v) is 7.71. The molecule has 0 spiro atoms. The van der Waals surface area contributed by atoms with Crippen molar-refractivity contribution in [1.82, 2.24) is 10.5 Å². The van der Waals surface area contributed by atoms with Crippen LogP contribution in [0.4, 0.5) is 0 Å². The summed E-state index contributed by atoms with van der Waals surface area (Å²) in [4.78, 5) is 12.0. The van der Waals surface area contributed by atoms with E-state index in [9.17, 15) is 4.79 Å². The maximum atomic E-state index is 12.0. The number of carbonyl (C=O) groups is 1. The Morgan fingerprint density at radius 3 is 2.90 bits per heavy atom. The Hall–Kier alpha value is -1.36. The molecule has 2 fully saturated rings. The maximum Gasteiger partial charge on any atom is 0.377 e. The van der Waals surface area contributed by atoms with E-state index in [0.29, 0.717) is 6.04 Å². The molecule has 1 unspecified atom stereocenters. The number of hydrogen-bond acceptors (Lipinski definition) is 5. The lowest BCUT2D eigenvalue weighted by atomic mass is 9.98. The molecule has 2 aliphatic rings. The van der Waals surface area contributed by atoms with Gasteiger partial charge in [0.2, 0.25) is 5.76 Å². The van der Waals surface area contributed by atoms with Crippen LogP contribution in [0, 0.1) is 0 Å². The van der Waals surface area contributed by atoms with Crippen molar-refractivity contribution in [3.8, 4) is 0 Å². The normalized spacial score (nSPS) is 23.9. The van der Waals surface area contributed by atoms with Gasteiger partial charge in [0.15, 0.2) is 0 Å². The smallest absolute Gasteiger partial charge is 0.377 e. The highest BCUT2D eigenvalue weighted by Gasteiger charge is 2.23. The summed E-state index contributed by atoms with van der Waals surface area (Å²) in [6, 6.07) is 2.19. The second-order valence-corrected chi connectivity index (χ2v) is 5.85. The second kappa shape index (κ2) is 6.39. The average molecular weight is 278 g/mol. The first kappa shape index (κ1) is 13.6. The average Bonchev–Trinajstić information content (AvgIpc) is 3.12. The summed E-state index contributed by atoms with van der Waals surface area (Å²) in [6.45, 7) is 1.07. The van der Waals surface area contributed by atoms with Crippen LogP contribution in [0.2, 0.25) is 0 Å². The lowest BCUT2D eigenvalue weighted by Gasteiger charge is -2.20. The van der Waals surface area contributed by atoms with E-state index in [1.54, 1.807) is 6.07 Å². The second-order valence-electron chi connectivity index (χ2n) is 5.85. The summed E-state index contributed by atoms with van der Waals surface area (Å²) in [5.74, 6) is -0.126. The van der Waals surface area contributed by atoms with E-state index in [4.69, 9.17) is 9.26 Å². The molecule has 1 saturated carbocycles. The van der Waals surface area contributed by atoms with Crippen LogP contribution in [0.3, 0.4) is 0 Å². The van der Waals surface area contributed by atoms with Gasteiger partial charge in [0.05, 0.1) is 5.69 Å². The molecule has 1 aliphatic heterocycles. The van der Waals surface area contributed by atoms with Gasteiger partial charge in [-0.2, -0.15) is 0 Å². The molecule has 1 saturated heterocycles. The van der Waals surface area contributed by atoms with Crippen LogP contribution < -0.4 is 5.32 Å². The van der Waals surface area contributed by atoms with Gasteiger partial charge in [-0.3, -0.25) is 0 Å². The summed E-state index contributed by atoms with van der Waals surface area (Å²) < 4.78 is 10.6. The number of hydrogen-bond donors (Lipinski definition) is 1. The Kier molecular flexibility index (Phi) is 4.35. The molecule has 110 valence electrons. The van der Waals surface area contributed by atoms with Crippen molar-refractivity contribution in [3.05, 3.63) is 17.5 Å². The number of aromatic nitrogens is 1. The fourth-order valence-corrected chi connectivity index (χ4v) is 3.08. The summed E-state index contributed by atoms with van der Waals surface area (Å²) >= 11 is 0. The van der Waals surface area contributed by atoms with E-state index in [-0.39, 0.29) is 17.8 Å². The molecule has 1 atom stereocenters. The standard InChI is InChI=1S/C15H22N2O3/c18-15(19-13-6-2-1-3-7-13)14-10-12(17-20-14)9-11-5-4-8-16-11/h10-11,13,16H,1-9H2. The lowest BCUT2D eigenvalue weighted by Crippen LogP contribution is -2.23. The van der Waals surface area contributed by atoms with Crippen molar-refractivity contribution in [2.75, 3.05) is 6.54 Å². The van der Waals surface area contributed by atoms with Gasteiger partial charge in [0.25, 0.3) is 0 Å². The van der Waals surface area contributed by atoms with E-state index in [0.717, 1.165) is 50.8 Å². The van der Waals surface area contributed by atoms with Crippen molar-refractivity contribution < 1.29 is 14.1 Å². The minimum absolute atomic E-state index is 0.0568. The van der Waals surface area contributed by atoms with Crippen LogP contribution in [-0.2, 0) is 11.2 Å². The van der Waals surface area contributed by atoms with Crippen LogP contribution in [-0.4, -0.2) is 29.8 Å². The number of nitrogens with one attached hydrogen (secondary N) is 1. The van der Waals surface area contributed by atoms with Gasteiger partial charge in [0.1, 0.15) is 6.10 Å². The molecule has 5 nitrogen and oxygen atoms in total. The van der Waals surface area contributed by atoms with Crippen molar-refractivity contribution in [3.63, 3.8) is 0 Å². The van der Waals surface area contributed by atoms with Crippen molar-refractivity contribution >= 4 is 5.97 Å². The maximum absolute atomic E-state index is 12.0. The predicted octanol–water partition coefficient (Wildman–Crippen LogP) is 2.46. The number of esters is 1. The van der Waals surface area contributed by atoms with E-state index in [1.807, 2.05) is 0 Å². The molecule has 1 aromatic heterocycles. The van der Waals surface area contributed by atoms with Crippen LogP contribution in [0.15, 0.2) is 10.6 Å². The molecule has 0 aromatic carbocycles. The zero-order valence-electron chi connectivity index (χ0n) is 11.8. The molecule has 1 aliphatic carbocycles. The molecular weight excluding hydrogens is 256 g/mol. The molecule has 0 amide bonds. The number of nitrogens with zero attached hydrogens (tertiary/aromatic N) is 1. The molecule has 1 aromatic rings. The van der Waals surface area contributed by atoms with Crippen LogP contribution in [0.25, 0.3) is 0 Å². The van der Waals surface area contributed by atoms with Crippen LogP contribution >= 0.6 is 0 Å². The van der Waals surface area contributed by atoms with Gasteiger partial charge in [-0.15, -0.1) is 0 Å². The first-order chi connectivity index (χ1) is 9.81. The highest BCUT2D eigenvalue weighted by atomic mass is 16.6. The Morgan fingerprint density at radius 2 is 2.15 bits per heavy atom. The van der Waals surface area contributed by atoms with E-state index in [2.05, 4.69) is 10.5 Å². The number of rotatable bonds is 4. The van der Waals surface area contributed by atoms with Crippen molar-refractivity contribution in [2.24, 2.45) is 0 Å². The first-order valence-electron chi connectivity index (χ1n) is 7.71. The lowest BCUT2D eigenvalue weighted by molar-refractivity contribution is 0.0168. The van der Waals surface area contributed by atoms with Gasteiger partial charge in [-0.05, 0) is 45.1 Å². The van der Waals surface area contributed by atoms with Gasteiger partial charge < -0.3 is 14.6 Å². The summed E-state index contributed by atoms with van der Waals surface area (Å²) in [7, 11) is 0. The van der Waals surface area contributed by atoms with E-state index in [1.165, 1.54) is 12.8 Å². The zero-order valence-corrected chi connectivity index (χ0v) is 11.8. The third-order valence-electron chi connectivity index (χ3n) is 4.20. The quantitative estimate of drug-likeness (QED) is 0.857. The Labute approximate surface area is 119 Å². The van der Waals surface area contributed by atoms with E-state index >= 15 is 0 Å². The SMILES string of the molecule is O=C(OC1CCCCC1)c1cc(CC2CCCN2)no1. The van der Waals surface area contributed by atoms with Gasteiger partial charge in [-0.25, -0.2) is 4.79 Å². The topological polar surface area (TPSA) is 64.4 Å². The fourth-order valence-electron chi connectivity index (χ4n) is 3.08. The molecule has 3 rings (SSSR count). The molecule has 0 bridgehead atoms. The highest BCUT2D eigenvalue weighted by Crippen LogP contribution is 2.22. The fraction of sp³-hybridized carbons (Fsp3) is 0.733. The highest BCUT2D eigenvalue weighted by molar-refractivity contribution is 5.86. The van der Waals surface area contributed by atoms with Gasteiger partial charge in [0, 0.05) is 18.5 Å². The third kappa shape index (κ3) is 3.39. The van der Waals surface area contributed by atoms with Gasteiger partial charge in [-0.1, -0.05) is 11.6 Å². The number of carbonyl (C=O) groups excluding carboxylic acids is 1. The Balaban J connectivity index is 1.53. The predicted molar refractivity (Wildman–Crippen MR) is 73.5 cm³/mol. The minimum atomic E-state index is -0.366. The molecule has 1 N–H and O–H groups in total. The summed E-state index contributed by atoms with van der Waals surface area (Å²) in [5, 5.41) is 7.39. The molecule has 5 heteroatoms. The molecular formula is C15H22N2O3. The Bertz CT molecular complexity index is 446. The van der Waals surface area contributed by atoms with Crippen molar-refractivity contribution in [1.29, 1.82) is 0 Å². The molecule has 20 heavy (non-hydrogen) atoms. The largest absolute Gasteiger partial charge is 0.456 e. The zero-order chi connectivity index (χ0) is 13.8. The molecule has 2 heterocycles. The summed E-state index contributed by atoms with van der Waals surface area (Å²) in [6.07, 6.45) is 8.72. The van der Waals surface area contributed by atoms with Gasteiger partial charge >= 0.3 is 5.97 Å². The monoisotopic (exact) mass is 278 g/mol. The molecule has 0 radical (unpaired) electrons. The van der Waals surface area contributed by atoms with Crippen LogP contribution in [0.1, 0.15) is 61.2 Å².